The highest BCUT2D eigenvalue weighted by Gasteiger charge is 2.26. The standard InChI is InChI=1S/C13H28N2O/c1-5-12-10-15(9-11(4)16-7-3)13(6-2)8-14-12/h11-14H,5-10H2,1-4H3. The van der Waals surface area contributed by atoms with Crippen molar-refractivity contribution in [2.75, 3.05) is 26.2 Å². The first-order valence-electron chi connectivity index (χ1n) is 6.80. The van der Waals surface area contributed by atoms with E-state index >= 15 is 0 Å². The zero-order valence-corrected chi connectivity index (χ0v) is 11.3. The Morgan fingerprint density at radius 1 is 1.31 bits per heavy atom. The molecule has 1 rings (SSSR count). The third-order valence-electron chi connectivity index (χ3n) is 3.52. The first-order chi connectivity index (χ1) is 7.71. The maximum Gasteiger partial charge on any atom is 0.0673 e. The SMILES string of the molecule is CCOC(C)CN1CC(CC)NCC1CC. The Morgan fingerprint density at radius 2 is 2.06 bits per heavy atom. The quantitative estimate of drug-likeness (QED) is 0.751. The first kappa shape index (κ1) is 13.9. The van der Waals surface area contributed by atoms with Crippen LogP contribution in [0, 0.1) is 0 Å². The molecule has 16 heavy (non-hydrogen) atoms. The second-order valence-corrected chi connectivity index (χ2v) is 4.80. The fraction of sp³-hybridized carbons (Fsp3) is 1.00. The van der Waals surface area contributed by atoms with Crippen LogP contribution in [0.15, 0.2) is 0 Å². The summed E-state index contributed by atoms with van der Waals surface area (Å²) in [6.45, 7) is 13.0. The summed E-state index contributed by atoms with van der Waals surface area (Å²) in [6, 6.07) is 1.35. The van der Waals surface area contributed by atoms with Crippen molar-refractivity contribution in [1.82, 2.24) is 10.2 Å². The molecule has 1 N–H and O–H groups in total. The van der Waals surface area contributed by atoms with Gasteiger partial charge in [0.15, 0.2) is 0 Å². The molecule has 1 fully saturated rings. The largest absolute Gasteiger partial charge is 0.377 e. The van der Waals surface area contributed by atoms with Gasteiger partial charge in [-0.05, 0) is 26.7 Å². The summed E-state index contributed by atoms with van der Waals surface area (Å²) in [7, 11) is 0. The number of hydrogen-bond donors (Lipinski definition) is 1. The van der Waals surface area contributed by atoms with Gasteiger partial charge in [0.1, 0.15) is 0 Å². The molecule has 1 aliphatic heterocycles. The Hall–Kier alpha value is -0.120. The zero-order valence-electron chi connectivity index (χ0n) is 11.3. The number of nitrogens with zero attached hydrogens (tertiary/aromatic N) is 1. The van der Waals surface area contributed by atoms with E-state index in [9.17, 15) is 0 Å². The molecule has 3 atom stereocenters. The van der Waals surface area contributed by atoms with Gasteiger partial charge in [0.05, 0.1) is 6.10 Å². The Bertz CT molecular complexity index is 187. The van der Waals surface area contributed by atoms with E-state index in [1.165, 1.54) is 19.4 Å². The molecule has 0 aromatic heterocycles. The lowest BCUT2D eigenvalue weighted by Crippen LogP contribution is -2.57. The lowest BCUT2D eigenvalue weighted by Gasteiger charge is -2.41. The molecule has 1 heterocycles. The van der Waals surface area contributed by atoms with Crippen LogP contribution in [0.25, 0.3) is 0 Å². The van der Waals surface area contributed by atoms with Gasteiger partial charge in [-0.25, -0.2) is 0 Å². The third kappa shape index (κ3) is 4.04. The van der Waals surface area contributed by atoms with Crippen molar-refractivity contribution >= 4 is 0 Å². The van der Waals surface area contributed by atoms with Gasteiger partial charge in [-0.15, -0.1) is 0 Å². The van der Waals surface area contributed by atoms with Gasteiger partial charge in [-0.1, -0.05) is 13.8 Å². The van der Waals surface area contributed by atoms with Gasteiger partial charge in [0, 0.05) is 38.3 Å². The molecular weight excluding hydrogens is 200 g/mol. The van der Waals surface area contributed by atoms with Gasteiger partial charge in [0.25, 0.3) is 0 Å². The molecule has 0 amide bonds. The minimum absolute atomic E-state index is 0.356. The predicted molar refractivity (Wildman–Crippen MR) is 68.8 cm³/mol. The van der Waals surface area contributed by atoms with Crippen molar-refractivity contribution in [1.29, 1.82) is 0 Å². The van der Waals surface area contributed by atoms with E-state index in [2.05, 4.69) is 37.9 Å². The van der Waals surface area contributed by atoms with Gasteiger partial charge >= 0.3 is 0 Å². The molecule has 0 aromatic carbocycles. The van der Waals surface area contributed by atoms with E-state index in [0.29, 0.717) is 18.2 Å². The topological polar surface area (TPSA) is 24.5 Å². The maximum atomic E-state index is 5.64. The van der Waals surface area contributed by atoms with Crippen molar-refractivity contribution < 1.29 is 4.74 Å². The highest BCUT2D eigenvalue weighted by Crippen LogP contribution is 2.13. The van der Waals surface area contributed by atoms with Crippen LogP contribution in [-0.4, -0.2) is 49.3 Å². The molecule has 0 spiro atoms. The number of hydrogen-bond acceptors (Lipinski definition) is 3. The van der Waals surface area contributed by atoms with Crippen molar-refractivity contribution in [3.05, 3.63) is 0 Å². The van der Waals surface area contributed by atoms with Gasteiger partial charge in [-0.3, -0.25) is 4.90 Å². The van der Waals surface area contributed by atoms with Gasteiger partial charge in [0.2, 0.25) is 0 Å². The Kier molecular flexibility index (Phi) is 6.32. The molecule has 0 saturated carbocycles. The van der Waals surface area contributed by atoms with Crippen LogP contribution >= 0.6 is 0 Å². The maximum absolute atomic E-state index is 5.64. The zero-order chi connectivity index (χ0) is 12.0. The van der Waals surface area contributed by atoms with Crippen LogP contribution in [0.5, 0.6) is 0 Å². The molecule has 3 unspecified atom stereocenters. The van der Waals surface area contributed by atoms with Crippen molar-refractivity contribution in [3.8, 4) is 0 Å². The van der Waals surface area contributed by atoms with Gasteiger partial charge < -0.3 is 10.1 Å². The van der Waals surface area contributed by atoms with Crippen molar-refractivity contribution in [3.63, 3.8) is 0 Å². The normalized spacial score (nSPS) is 29.2. The summed E-state index contributed by atoms with van der Waals surface area (Å²) < 4.78 is 5.64. The molecule has 1 aliphatic rings. The predicted octanol–water partition coefficient (Wildman–Crippen LogP) is 1.87. The first-order valence-corrected chi connectivity index (χ1v) is 6.80. The van der Waals surface area contributed by atoms with E-state index in [0.717, 1.165) is 19.7 Å². The molecule has 3 heteroatoms. The number of rotatable bonds is 6. The second-order valence-electron chi connectivity index (χ2n) is 4.80. The number of nitrogens with one attached hydrogen (secondary N) is 1. The average molecular weight is 228 g/mol. The van der Waals surface area contributed by atoms with Crippen LogP contribution in [0.2, 0.25) is 0 Å². The summed E-state index contributed by atoms with van der Waals surface area (Å²) in [4.78, 5) is 2.60. The van der Waals surface area contributed by atoms with Crippen LogP contribution in [-0.2, 0) is 4.74 Å². The summed E-state index contributed by atoms with van der Waals surface area (Å²) >= 11 is 0. The van der Waals surface area contributed by atoms with Crippen molar-refractivity contribution in [2.45, 2.75) is 58.7 Å². The highest BCUT2D eigenvalue weighted by atomic mass is 16.5. The number of piperazine rings is 1. The van der Waals surface area contributed by atoms with E-state index in [1.54, 1.807) is 0 Å². The Morgan fingerprint density at radius 3 is 2.62 bits per heavy atom. The Labute approximate surface area is 101 Å². The summed E-state index contributed by atoms with van der Waals surface area (Å²) in [5.41, 5.74) is 0. The minimum atomic E-state index is 0.356. The molecule has 0 radical (unpaired) electrons. The van der Waals surface area contributed by atoms with Crippen LogP contribution < -0.4 is 5.32 Å². The molecule has 0 aromatic rings. The van der Waals surface area contributed by atoms with Crippen molar-refractivity contribution in [2.24, 2.45) is 0 Å². The smallest absolute Gasteiger partial charge is 0.0673 e. The minimum Gasteiger partial charge on any atom is -0.377 e. The fourth-order valence-corrected chi connectivity index (χ4v) is 2.50. The molecule has 0 aliphatic carbocycles. The molecular formula is C13H28N2O. The molecule has 96 valence electrons. The van der Waals surface area contributed by atoms with E-state index in [-0.39, 0.29) is 0 Å². The number of ether oxygens (including phenoxy) is 1. The third-order valence-corrected chi connectivity index (χ3v) is 3.52. The molecule has 0 bridgehead atoms. The van der Waals surface area contributed by atoms with E-state index < -0.39 is 0 Å². The van der Waals surface area contributed by atoms with Crippen LogP contribution in [0.4, 0.5) is 0 Å². The average Bonchev–Trinajstić information content (AvgIpc) is 2.29. The molecule has 1 saturated heterocycles. The van der Waals surface area contributed by atoms with E-state index in [1.807, 2.05) is 0 Å². The van der Waals surface area contributed by atoms with E-state index in [4.69, 9.17) is 4.74 Å². The Balaban J connectivity index is 2.44. The summed E-state index contributed by atoms with van der Waals surface area (Å²) in [5, 5.41) is 3.62. The summed E-state index contributed by atoms with van der Waals surface area (Å²) in [5.74, 6) is 0. The monoisotopic (exact) mass is 228 g/mol. The fourth-order valence-electron chi connectivity index (χ4n) is 2.50. The van der Waals surface area contributed by atoms with Crippen LogP contribution in [0.1, 0.15) is 40.5 Å². The summed E-state index contributed by atoms with van der Waals surface area (Å²) in [6.07, 6.45) is 2.80. The lowest BCUT2D eigenvalue weighted by molar-refractivity contribution is 0.0190. The highest BCUT2D eigenvalue weighted by molar-refractivity contribution is 4.85. The van der Waals surface area contributed by atoms with Crippen LogP contribution in [0.3, 0.4) is 0 Å². The lowest BCUT2D eigenvalue weighted by atomic mass is 10.0. The molecule has 3 nitrogen and oxygen atoms in total. The van der Waals surface area contributed by atoms with Gasteiger partial charge in [-0.2, -0.15) is 0 Å². The second kappa shape index (κ2) is 7.25.